The van der Waals surface area contributed by atoms with E-state index in [1.165, 1.54) is 6.92 Å². The van der Waals surface area contributed by atoms with Crippen molar-refractivity contribution in [1.29, 1.82) is 10.5 Å². The average Bonchev–Trinajstić information content (AvgIpc) is 1.84. The third kappa shape index (κ3) is 1.32. The highest BCUT2D eigenvalue weighted by Gasteiger charge is 1.90. The molecule has 0 aliphatic carbocycles. The van der Waals surface area contributed by atoms with Crippen molar-refractivity contribution in [2.45, 2.75) is 6.92 Å². The minimum atomic E-state index is -0.00694. The van der Waals surface area contributed by atoms with Gasteiger partial charge in [0.05, 0.1) is 11.6 Å². The van der Waals surface area contributed by atoms with Gasteiger partial charge in [0.2, 0.25) is 0 Å². The van der Waals surface area contributed by atoms with E-state index in [4.69, 9.17) is 16.3 Å². The summed E-state index contributed by atoms with van der Waals surface area (Å²) < 4.78 is 0. The van der Waals surface area contributed by atoms with E-state index in [0.717, 1.165) is 0 Å². The first kappa shape index (κ1) is 6.52. The van der Waals surface area contributed by atoms with Crippen LogP contribution in [0.1, 0.15) is 6.92 Å². The maximum Gasteiger partial charge on any atom is 0.124 e. The zero-order valence-corrected chi connectivity index (χ0v) is 4.47. The van der Waals surface area contributed by atoms with Crippen molar-refractivity contribution in [2.24, 2.45) is 5.73 Å². The van der Waals surface area contributed by atoms with Crippen LogP contribution in [0.25, 0.3) is 0 Å². The Balaban J connectivity index is 4.41. The van der Waals surface area contributed by atoms with Crippen LogP contribution in [-0.4, -0.2) is 0 Å². The van der Waals surface area contributed by atoms with E-state index in [-0.39, 0.29) is 11.3 Å². The summed E-state index contributed by atoms with van der Waals surface area (Å²) in [5.74, 6) is 0. The number of nitrogens with two attached hydrogens (primary N) is 1. The summed E-state index contributed by atoms with van der Waals surface area (Å²) in [6.45, 7) is 1.50. The molecule has 0 fully saturated rings. The lowest BCUT2D eigenvalue weighted by Gasteiger charge is -1.82. The molecule has 40 valence electrons. The Hall–Kier alpha value is -1.48. The lowest BCUT2D eigenvalue weighted by Crippen LogP contribution is -1.95. The summed E-state index contributed by atoms with van der Waals surface area (Å²) in [7, 11) is 0. The van der Waals surface area contributed by atoms with E-state index >= 15 is 0 Å². The fraction of sp³-hybridized carbons (Fsp3) is 0.200. The first-order valence-electron chi connectivity index (χ1n) is 1.99. The van der Waals surface area contributed by atoms with Crippen LogP contribution in [-0.2, 0) is 0 Å². The van der Waals surface area contributed by atoms with Gasteiger partial charge in [0.25, 0.3) is 0 Å². The van der Waals surface area contributed by atoms with Crippen LogP contribution in [0.2, 0.25) is 0 Å². The quantitative estimate of drug-likeness (QED) is 0.451. The van der Waals surface area contributed by atoms with Gasteiger partial charge in [-0.1, -0.05) is 0 Å². The van der Waals surface area contributed by atoms with Gasteiger partial charge in [0, 0.05) is 0 Å². The van der Waals surface area contributed by atoms with E-state index in [9.17, 15) is 0 Å². The Kier molecular flexibility index (Phi) is 2.16. The molecule has 3 heteroatoms. The van der Waals surface area contributed by atoms with Gasteiger partial charge >= 0.3 is 0 Å². The molecule has 0 aliphatic rings. The predicted molar refractivity (Wildman–Crippen MR) is 28.1 cm³/mol. The highest BCUT2D eigenvalue weighted by atomic mass is 14.6. The molecule has 0 amide bonds. The molecule has 0 atom stereocenters. The van der Waals surface area contributed by atoms with Crippen molar-refractivity contribution in [3.05, 3.63) is 11.3 Å². The molecule has 2 N–H and O–H groups in total. The zero-order chi connectivity index (χ0) is 6.57. The van der Waals surface area contributed by atoms with E-state index in [1.807, 2.05) is 0 Å². The molecular formula is C5H5N3. The Morgan fingerprint density at radius 1 is 1.38 bits per heavy atom. The Morgan fingerprint density at radius 2 is 1.88 bits per heavy atom. The van der Waals surface area contributed by atoms with Gasteiger partial charge in [-0.15, -0.1) is 0 Å². The molecule has 0 aromatic carbocycles. The van der Waals surface area contributed by atoms with Gasteiger partial charge in [-0.2, -0.15) is 10.5 Å². The predicted octanol–water partition coefficient (Wildman–Crippen LogP) is 0.266. The van der Waals surface area contributed by atoms with Crippen LogP contribution in [0.5, 0.6) is 0 Å². The molecule has 0 unspecified atom stereocenters. The molecule has 0 rings (SSSR count). The number of rotatable bonds is 0. The van der Waals surface area contributed by atoms with E-state index < -0.39 is 0 Å². The third-order valence-electron chi connectivity index (χ3n) is 0.692. The Labute approximate surface area is 47.6 Å². The van der Waals surface area contributed by atoms with Crippen LogP contribution < -0.4 is 5.73 Å². The first-order chi connectivity index (χ1) is 3.72. The lowest BCUT2D eigenvalue weighted by atomic mass is 10.3. The van der Waals surface area contributed by atoms with Crippen LogP contribution in [0, 0.1) is 22.7 Å². The number of nitrogens with zero attached hydrogens (tertiary/aromatic N) is 2. The van der Waals surface area contributed by atoms with E-state index in [0.29, 0.717) is 0 Å². The van der Waals surface area contributed by atoms with Gasteiger partial charge < -0.3 is 5.73 Å². The molecule has 0 aliphatic heterocycles. The minimum absolute atomic E-state index is 0.00694. The van der Waals surface area contributed by atoms with Gasteiger partial charge in [0.15, 0.2) is 0 Å². The maximum absolute atomic E-state index is 8.10. The van der Waals surface area contributed by atoms with Gasteiger partial charge in [0.1, 0.15) is 11.8 Å². The third-order valence-corrected chi connectivity index (χ3v) is 0.692. The minimum Gasteiger partial charge on any atom is -0.389 e. The molecule has 0 aromatic rings. The normalized spacial score (nSPS) is 10.9. The maximum atomic E-state index is 8.10. The zero-order valence-electron chi connectivity index (χ0n) is 4.47. The molecule has 0 aromatic heterocycles. The van der Waals surface area contributed by atoms with Gasteiger partial charge in [-0.25, -0.2) is 0 Å². The second-order valence-corrected chi connectivity index (χ2v) is 1.26. The molecule has 0 saturated carbocycles. The fourth-order valence-electron chi connectivity index (χ4n) is 0.144. The van der Waals surface area contributed by atoms with E-state index in [1.54, 1.807) is 12.1 Å². The number of hydrogen-bond acceptors (Lipinski definition) is 3. The summed E-state index contributed by atoms with van der Waals surface area (Å²) in [6.07, 6.45) is 0. The van der Waals surface area contributed by atoms with Crippen molar-refractivity contribution >= 4 is 0 Å². The second-order valence-electron chi connectivity index (χ2n) is 1.26. The standard InChI is InChI=1S/C5H5N3/c1-4(2-6)5(8)3-7/h8H2,1H3/b5-4-. The van der Waals surface area contributed by atoms with Crippen molar-refractivity contribution in [3.8, 4) is 12.1 Å². The van der Waals surface area contributed by atoms with Crippen molar-refractivity contribution < 1.29 is 0 Å². The lowest BCUT2D eigenvalue weighted by molar-refractivity contribution is 1.30. The Morgan fingerprint density at radius 3 is 2.00 bits per heavy atom. The van der Waals surface area contributed by atoms with Crippen LogP contribution in [0.3, 0.4) is 0 Å². The first-order valence-corrected chi connectivity index (χ1v) is 1.99. The molecule has 0 bridgehead atoms. The van der Waals surface area contributed by atoms with Gasteiger partial charge in [-0.05, 0) is 6.92 Å². The summed E-state index contributed by atoms with van der Waals surface area (Å²) in [4.78, 5) is 0. The molecule has 3 nitrogen and oxygen atoms in total. The molecule has 0 heterocycles. The van der Waals surface area contributed by atoms with Crippen LogP contribution in [0.15, 0.2) is 11.3 Å². The second kappa shape index (κ2) is 2.65. The number of nitriles is 2. The van der Waals surface area contributed by atoms with Crippen LogP contribution >= 0.6 is 0 Å². The molecule has 0 saturated heterocycles. The summed E-state index contributed by atoms with van der Waals surface area (Å²) in [6, 6.07) is 3.40. The molecule has 8 heavy (non-hydrogen) atoms. The van der Waals surface area contributed by atoms with Crippen molar-refractivity contribution in [1.82, 2.24) is 0 Å². The summed E-state index contributed by atoms with van der Waals surface area (Å²) in [5, 5.41) is 16.1. The molecule has 0 spiro atoms. The topological polar surface area (TPSA) is 73.6 Å². The largest absolute Gasteiger partial charge is 0.389 e. The van der Waals surface area contributed by atoms with Crippen LogP contribution in [0.4, 0.5) is 0 Å². The number of hydrogen-bond donors (Lipinski definition) is 1. The highest BCUT2D eigenvalue weighted by molar-refractivity contribution is 5.32. The smallest absolute Gasteiger partial charge is 0.124 e. The van der Waals surface area contributed by atoms with Crippen molar-refractivity contribution in [2.75, 3.05) is 0 Å². The molecule has 0 radical (unpaired) electrons. The van der Waals surface area contributed by atoms with Gasteiger partial charge in [-0.3, -0.25) is 0 Å². The summed E-state index contributed by atoms with van der Waals surface area (Å²) >= 11 is 0. The van der Waals surface area contributed by atoms with Crippen molar-refractivity contribution in [3.63, 3.8) is 0 Å². The number of allylic oxidation sites excluding steroid dienone is 2. The van der Waals surface area contributed by atoms with E-state index in [2.05, 4.69) is 0 Å². The SMILES string of the molecule is C/C(C#N)=C(/N)C#N. The monoisotopic (exact) mass is 107 g/mol. The fourth-order valence-corrected chi connectivity index (χ4v) is 0.144. The Bertz CT molecular complexity index is 167. The molecular weight excluding hydrogens is 102 g/mol. The average molecular weight is 107 g/mol. The highest BCUT2D eigenvalue weighted by Crippen LogP contribution is 1.91. The summed E-state index contributed by atoms with van der Waals surface area (Å²) in [5.41, 5.74) is 5.29.